The second-order valence-corrected chi connectivity index (χ2v) is 8.04. The van der Waals surface area contributed by atoms with Crippen molar-refractivity contribution in [2.45, 2.75) is 32.7 Å². The highest BCUT2D eigenvalue weighted by Crippen LogP contribution is 2.26. The third-order valence-electron chi connectivity index (χ3n) is 4.31. The van der Waals surface area contributed by atoms with Crippen molar-refractivity contribution in [3.8, 4) is 5.75 Å². The van der Waals surface area contributed by atoms with Gasteiger partial charge in [0, 0.05) is 5.69 Å². The molecule has 1 N–H and O–H groups in total. The van der Waals surface area contributed by atoms with Crippen LogP contribution in [-0.2, 0) is 21.2 Å². The van der Waals surface area contributed by atoms with Crippen molar-refractivity contribution in [2.24, 2.45) is 0 Å². The van der Waals surface area contributed by atoms with Crippen LogP contribution >= 0.6 is 0 Å². The van der Waals surface area contributed by atoms with Gasteiger partial charge in [0.25, 0.3) is 0 Å². The van der Waals surface area contributed by atoms with Gasteiger partial charge in [-0.3, -0.25) is 9.10 Å². The van der Waals surface area contributed by atoms with Crippen LogP contribution in [0.1, 0.15) is 25.8 Å². The third-order valence-corrected chi connectivity index (χ3v) is 5.49. The summed E-state index contributed by atoms with van der Waals surface area (Å²) in [5.74, 6) is 0.251. The maximum absolute atomic E-state index is 13.0. The van der Waals surface area contributed by atoms with Crippen molar-refractivity contribution >= 4 is 27.3 Å². The van der Waals surface area contributed by atoms with E-state index in [0.29, 0.717) is 23.5 Å². The fourth-order valence-corrected chi connectivity index (χ4v) is 4.17. The van der Waals surface area contributed by atoms with Gasteiger partial charge < -0.3 is 10.1 Å². The normalized spacial score (nSPS) is 12.3. The number of nitrogens with zero attached hydrogens (tertiary/aromatic N) is 1. The number of benzene rings is 2. The molecule has 0 heterocycles. The number of methoxy groups -OCH3 is 1. The van der Waals surface area contributed by atoms with Crippen LogP contribution in [0.25, 0.3) is 0 Å². The first-order valence-corrected chi connectivity index (χ1v) is 10.7. The van der Waals surface area contributed by atoms with Gasteiger partial charge >= 0.3 is 0 Å². The Bertz CT molecular complexity index is 879. The van der Waals surface area contributed by atoms with E-state index in [1.165, 1.54) is 7.11 Å². The van der Waals surface area contributed by atoms with Crippen LogP contribution in [0.5, 0.6) is 5.75 Å². The number of carbonyl (C=O) groups is 1. The molecule has 27 heavy (non-hydrogen) atoms. The molecule has 0 radical (unpaired) electrons. The molecular formula is C20H26N2O4S. The number of rotatable bonds is 8. The summed E-state index contributed by atoms with van der Waals surface area (Å²) in [5, 5.41) is 2.89. The van der Waals surface area contributed by atoms with Crippen LogP contribution in [-0.4, -0.2) is 33.7 Å². The van der Waals surface area contributed by atoms with Crippen molar-refractivity contribution in [3.05, 3.63) is 54.1 Å². The number of amides is 1. The largest absolute Gasteiger partial charge is 0.497 e. The Morgan fingerprint density at radius 3 is 2.26 bits per heavy atom. The summed E-state index contributed by atoms with van der Waals surface area (Å²) >= 11 is 0. The van der Waals surface area contributed by atoms with Gasteiger partial charge in [0.15, 0.2) is 0 Å². The summed E-state index contributed by atoms with van der Waals surface area (Å²) in [5.41, 5.74) is 2.12. The number of para-hydroxylation sites is 1. The lowest BCUT2D eigenvalue weighted by Gasteiger charge is -2.30. The van der Waals surface area contributed by atoms with Crippen molar-refractivity contribution < 1.29 is 17.9 Å². The second kappa shape index (κ2) is 8.90. The van der Waals surface area contributed by atoms with Crippen molar-refractivity contribution in [3.63, 3.8) is 0 Å². The zero-order valence-electron chi connectivity index (χ0n) is 16.1. The highest BCUT2D eigenvalue weighted by molar-refractivity contribution is 7.92. The van der Waals surface area contributed by atoms with Gasteiger partial charge in [0.1, 0.15) is 11.8 Å². The molecule has 7 heteroatoms. The van der Waals surface area contributed by atoms with E-state index in [1.807, 2.05) is 31.2 Å². The number of carbonyl (C=O) groups excluding carboxylic acids is 1. The van der Waals surface area contributed by atoms with Crippen molar-refractivity contribution in [1.29, 1.82) is 0 Å². The van der Waals surface area contributed by atoms with Gasteiger partial charge in [-0.05, 0) is 48.7 Å². The van der Waals surface area contributed by atoms with E-state index in [0.717, 1.165) is 22.5 Å². The SMILES string of the molecule is CCc1ccccc1NC(=O)C(CC)N(c1ccc(OC)cc1)S(C)(=O)=O. The molecule has 2 aromatic carbocycles. The minimum Gasteiger partial charge on any atom is -0.497 e. The highest BCUT2D eigenvalue weighted by Gasteiger charge is 2.31. The molecule has 1 unspecified atom stereocenters. The Morgan fingerprint density at radius 1 is 1.11 bits per heavy atom. The van der Waals surface area contributed by atoms with Crippen molar-refractivity contribution in [1.82, 2.24) is 0 Å². The molecule has 146 valence electrons. The zero-order chi connectivity index (χ0) is 20.0. The first-order valence-electron chi connectivity index (χ1n) is 8.84. The lowest BCUT2D eigenvalue weighted by atomic mass is 10.1. The average Bonchev–Trinajstić information content (AvgIpc) is 2.65. The first kappa shape index (κ1) is 20.8. The van der Waals surface area contributed by atoms with Crippen LogP contribution in [0.2, 0.25) is 0 Å². The summed E-state index contributed by atoms with van der Waals surface area (Å²) in [6.07, 6.45) is 2.20. The number of aryl methyl sites for hydroxylation is 1. The minimum absolute atomic E-state index is 0.333. The smallest absolute Gasteiger partial charge is 0.248 e. The number of hydrogen-bond donors (Lipinski definition) is 1. The molecule has 0 fully saturated rings. The van der Waals surface area contributed by atoms with Gasteiger partial charge in [0.05, 0.1) is 19.1 Å². The molecule has 0 saturated heterocycles. The van der Waals surface area contributed by atoms with Gasteiger partial charge in [-0.1, -0.05) is 32.0 Å². The lowest BCUT2D eigenvalue weighted by Crippen LogP contribution is -2.47. The van der Waals surface area contributed by atoms with E-state index < -0.39 is 16.1 Å². The number of anilines is 2. The predicted octanol–water partition coefficient (Wildman–Crippen LogP) is 3.44. The zero-order valence-corrected chi connectivity index (χ0v) is 16.9. The van der Waals surface area contributed by atoms with Crippen LogP contribution in [0, 0.1) is 0 Å². The first-order chi connectivity index (χ1) is 12.8. The molecule has 0 aliphatic rings. The number of sulfonamides is 1. The topological polar surface area (TPSA) is 75.7 Å². The summed E-state index contributed by atoms with van der Waals surface area (Å²) in [7, 11) is -2.13. The number of ether oxygens (including phenoxy) is 1. The third kappa shape index (κ3) is 5.01. The van der Waals surface area contributed by atoms with E-state index in [4.69, 9.17) is 4.74 Å². The Morgan fingerprint density at radius 2 is 1.74 bits per heavy atom. The molecular weight excluding hydrogens is 364 g/mol. The second-order valence-electron chi connectivity index (χ2n) is 6.18. The van der Waals surface area contributed by atoms with Crippen LogP contribution in [0.3, 0.4) is 0 Å². The molecule has 0 aliphatic heterocycles. The molecule has 0 saturated carbocycles. The monoisotopic (exact) mass is 390 g/mol. The standard InChI is InChI=1S/C20H26N2O4S/c1-5-15-9-7-8-10-18(15)21-20(23)19(6-2)22(27(4,24)25)16-11-13-17(26-3)14-12-16/h7-14,19H,5-6H2,1-4H3,(H,21,23). The summed E-state index contributed by atoms with van der Waals surface area (Å²) < 4.78 is 31.3. The quantitative estimate of drug-likeness (QED) is 0.749. The predicted molar refractivity (Wildman–Crippen MR) is 109 cm³/mol. The van der Waals surface area contributed by atoms with Crippen LogP contribution in [0.4, 0.5) is 11.4 Å². The van der Waals surface area contributed by atoms with Gasteiger partial charge in [-0.25, -0.2) is 8.42 Å². The van der Waals surface area contributed by atoms with E-state index >= 15 is 0 Å². The van der Waals surface area contributed by atoms with Crippen LogP contribution in [0.15, 0.2) is 48.5 Å². The minimum atomic E-state index is -3.67. The van der Waals surface area contributed by atoms with Gasteiger partial charge in [-0.15, -0.1) is 0 Å². The van der Waals surface area contributed by atoms with Crippen molar-refractivity contribution in [2.75, 3.05) is 23.0 Å². The van der Waals surface area contributed by atoms with E-state index in [-0.39, 0.29) is 5.91 Å². The Labute approximate surface area is 161 Å². The fraction of sp³-hybridized carbons (Fsp3) is 0.350. The summed E-state index contributed by atoms with van der Waals surface area (Å²) in [6, 6.07) is 13.3. The average molecular weight is 391 g/mol. The molecule has 1 atom stereocenters. The van der Waals surface area contributed by atoms with E-state index in [2.05, 4.69) is 5.32 Å². The lowest BCUT2D eigenvalue weighted by molar-refractivity contribution is -0.117. The fourth-order valence-electron chi connectivity index (χ4n) is 2.96. The molecule has 2 rings (SSSR count). The van der Waals surface area contributed by atoms with Gasteiger partial charge in [-0.2, -0.15) is 0 Å². The Kier molecular flexibility index (Phi) is 6.85. The Hall–Kier alpha value is -2.54. The Balaban J connectivity index is 2.38. The summed E-state index contributed by atoms with van der Waals surface area (Å²) in [4.78, 5) is 13.0. The van der Waals surface area contributed by atoms with E-state index in [9.17, 15) is 13.2 Å². The van der Waals surface area contributed by atoms with Crippen LogP contribution < -0.4 is 14.4 Å². The molecule has 0 spiro atoms. The summed E-state index contributed by atoms with van der Waals surface area (Å²) in [6.45, 7) is 3.79. The number of nitrogens with one attached hydrogen (secondary N) is 1. The molecule has 0 aliphatic carbocycles. The molecule has 6 nitrogen and oxygen atoms in total. The molecule has 2 aromatic rings. The number of hydrogen-bond acceptors (Lipinski definition) is 4. The van der Waals surface area contributed by atoms with Gasteiger partial charge in [0.2, 0.25) is 15.9 Å². The maximum atomic E-state index is 13.0. The molecule has 0 aromatic heterocycles. The molecule has 0 bridgehead atoms. The van der Waals surface area contributed by atoms with E-state index in [1.54, 1.807) is 31.2 Å². The maximum Gasteiger partial charge on any atom is 0.248 e. The highest BCUT2D eigenvalue weighted by atomic mass is 32.2. The molecule has 1 amide bonds.